The van der Waals surface area contributed by atoms with Crippen LogP contribution in [-0.4, -0.2) is 4.99 Å². The fourth-order valence-electron chi connectivity index (χ4n) is 1.54. The van der Waals surface area contributed by atoms with Gasteiger partial charge in [0, 0.05) is 15.0 Å². The van der Waals surface area contributed by atoms with E-state index in [0.29, 0.717) is 21.5 Å². The molecule has 2 aromatic rings. The van der Waals surface area contributed by atoms with E-state index in [9.17, 15) is 4.39 Å². The van der Waals surface area contributed by atoms with Crippen molar-refractivity contribution in [3.05, 3.63) is 56.7 Å². The summed E-state index contributed by atoms with van der Waals surface area (Å²) < 4.78 is 20.3. The van der Waals surface area contributed by atoms with E-state index in [4.69, 9.17) is 22.7 Å². The molecular weight excluding hydrogens is 397 g/mol. The van der Waals surface area contributed by atoms with Crippen LogP contribution in [0.5, 0.6) is 11.5 Å². The molecule has 0 aromatic heterocycles. The van der Waals surface area contributed by atoms with Crippen LogP contribution in [0.3, 0.4) is 0 Å². The zero-order valence-corrected chi connectivity index (χ0v) is 13.5. The highest BCUT2D eigenvalue weighted by Crippen LogP contribution is 2.32. The largest absolute Gasteiger partial charge is 0.456 e. The Morgan fingerprint density at radius 3 is 2.58 bits per heavy atom. The summed E-state index contributed by atoms with van der Waals surface area (Å²) >= 11 is 11.6. The second-order valence-corrected chi connectivity index (χ2v) is 5.89. The molecule has 0 bridgehead atoms. The molecule has 0 aliphatic heterocycles. The van der Waals surface area contributed by atoms with Gasteiger partial charge >= 0.3 is 0 Å². The standard InChI is InChI=1S/C13H8Br2FNOS/c14-7-4-8(16)6-9(5-7)18-11-3-1-2-10(15)12(11)13(17)19/h1-6H,(H2,17,19). The summed E-state index contributed by atoms with van der Waals surface area (Å²) in [6, 6.07) is 9.61. The van der Waals surface area contributed by atoms with Crippen molar-refractivity contribution >= 4 is 49.1 Å². The quantitative estimate of drug-likeness (QED) is 0.747. The minimum Gasteiger partial charge on any atom is -0.456 e. The number of hydrogen-bond donors (Lipinski definition) is 1. The van der Waals surface area contributed by atoms with Gasteiger partial charge in [-0.15, -0.1) is 0 Å². The lowest BCUT2D eigenvalue weighted by Crippen LogP contribution is -2.11. The van der Waals surface area contributed by atoms with Crippen LogP contribution in [0.1, 0.15) is 5.56 Å². The van der Waals surface area contributed by atoms with E-state index in [1.54, 1.807) is 18.2 Å². The maximum atomic E-state index is 13.3. The van der Waals surface area contributed by atoms with Gasteiger partial charge in [-0.2, -0.15) is 0 Å². The summed E-state index contributed by atoms with van der Waals surface area (Å²) in [6.45, 7) is 0. The Labute approximate surface area is 132 Å². The van der Waals surface area contributed by atoms with Crippen LogP contribution in [-0.2, 0) is 0 Å². The summed E-state index contributed by atoms with van der Waals surface area (Å²) in [5.74, 6) is 0.443. The number of ether oxygens (including phenoxy) is 1. The van der Waals surface area contributed by atoms with Gasteiger partial charge in [0.25, 0.3) is 0 Å². The van der Waals surface area contributed by atoms with Gasteiger partial charge in [-0.1, -0.05) is 34.2 Å². The van der Waals surface area contributed by atoms with Crippen LogP contribution < -0.4 is 10.5 Å². The normalized spacial score (nSPS) is 10.3. The maximum absolute atomic E-state index is 13.3. The second kappa shape index (κ2) is 5.98. The lowest BCUT2D eigenvalue weighted by Gasteiger charge is -2.12. The first-order valence-electron chi connectivity index (χ1n) is 5.19. The molecule has 0 aliphatic rings. The van der Waals surface area contributed by atoms with Crippen LogP contribution >= 0.6 is 44.1 Å². The van der Waals surface area contributed by atoms with Gasteiger partial charge in [0.1, 0.15) is 22.3 Å². The molecule has 0 unspecified atom stereocenters. The molecule has 0 atom stereocenters. The Morgan fingerprint density at radius 2 is 1.95 bits per heavy atom. The molecule has 2 aromatic carbocycles. The fraction of sp³-hybridized carbons (Fsp3) is 0. The molecule has 19 heavy (non-hydrogen) atoms. The van der Waals surface area contributed by atoms with Crippen molar-refractivity contribution < 1.29 is 9.13 Å². The number of halogens is 3. The van der Waals surface area contributed by atoms with Gasteiger partial charge in [-0.25, -0.2) is 4.39 Å². The second-order valence-electron chi connectivity index (χ2n) is 3.68. The van der Waals surface area contributed by atoms with Crippen molar-refractivity contribution in [3.63, 3.8) is 0 Å². The third-order valence-corrected chi connectivity index (χ3v) is 3.61. The van der Waals surface area contributed by atoms with E-state index in [2.05, 4.69) is 31.9 Å². The lowest BCUT2D eigenvalue weighted by atomic mass is 10.2. The van der Waals surface area contributed by atoms with E-state index in [1.165, 1.54) is 12.1 Å². The maximum Gasteiger partial charge on any atom is 0.138 e. The average Bonchev–Trinajstić information content (AvgIpc) is 2.26. The average molecular weight is 405 g/mol. The molecule has 0 heterocycles. The molecule has 0 saturated heterocycles. The third kappa shape index (κ3) is 3.52. The number of benzene rings is 2. The van der Waals surface area contributed by atoms with Crippen molar-refractivity contribution in [3.8, 4) is 11.5 Å². The molecule has 0 radical (unpaired) electrons. The van der Waals surface area contributed by atoms with Crippen LogP contribution in [0.15, 0.2) is 45.3 Å². The highest BCUT2D eigenvalue weighted by Gasteiger charge is 2.12. The summed E-state index contributed by atoms with van der Waals surface area (Å²) in [5, 5.41) is 0. The molecule has 0 aliphatic carbocycles. The first kappa shape index (κ1) is 14.4. The number of rotatable bonds is 3. The monoisotopic (exact) mass is 403 g/mol. The van der Waals surface area contributed by atoms with Gasteiger partial charge in [0.15, 0.2) is 0 Å². The SMILES string of the molecule is NC(=S)c1c(Br)cccc1Oc1cc(F)cc(Br)c1. The Kier molecular flexibility index (Phi) is 4.54. The number of thiocarbonyl (C=S) groups is 1. The zero-order valence-electron chi connectivity index (χ0n) is 9.49. The third-order valence-electron chi connectivity index (χ3n) is 2.29. The van der Waals surface area contributed by atoms with Gasteiger partial charge in [0.2, 0.25) is 0 Å². The first-order chi connectivity index (χ1) is 8.97. The molecule has 0 amide bonds. The minimum atomic E-state index is -0.392. The predicted molar refractivity (Wildman–Crippen MR) is 84.2 cm³/mol. The van der Waals surface area contributed by atoms with Gasteiger partial charge in [-0.05, 0) is 40.2 Å². The van der Waals surface area contributed by atoms with E-state index in [1.807, 2.05) is 6.07 Å². The van der Waals surface area contributed by atoms with E-state index in [-0.39, 0.29) is 4.99 Å². The summed E-state index contributed by atoms with van der Waals surface area (Å²) in [5.41, 5.74) is 6.25. The van der Waals surface area contributed by atoms with Crippen molar-refractivity contribution in [2.45, 2.75) is 0 Å². The highest BCUT2D eigenvalue weighted by atomic mass is 79.9. The first-order valence-corrected chi connectivity index (χ1v) is 7.19. The van der Waals surface area contributed by atoms with Crippen LogP contribution in [0.2, 0.25) is 0 Å². The smallest absolute Gasteiger partial charge is 0.138 e. The molecule has 2 N–H and O–H groups in total. The molecule has 0 fully saturated rings. The van der Waals surface area contributed by atoms with E-state index >= 15 is 0 Å². The highest BCUT2D eigenvalue weighted by molar-refractivity contribution is 9.10. The molecular formula is C13H8Br2FNOS. The lowest BCUT2D eigenvalue weighted by molar-refractivity contribution is 0.475. The predicted octanol–water partition coefficient (Wildman–Crippen LogP) is 4.78. The van der Waals surface area contributed by atoms with Gasteiger partial charge in [-0.3, -0.25) is 0 Å². The molecule has 0 spiro atoms. The van der Waals surface area contributed by atoms with Crippen molar-refractivity contribution in [1.82, 2.24) is 0 Å². The van der Waals surface area contributed by atoms with Crippen LogP contribution in [0.4, 0.5) is 4.39 Å². The molecule has 2 nitrogen and oxygen atoms in total. The molecule has 98 valence electrons. The molecule has 6 heteroatoms. The Hall–Kier alpha value is -0.980. The van der Waals surface area contributed by atoms with Crippen LogP contribution in [0, 0.1) is 5.82 Å². The van der Waals surface area contributed by atoms with Gasteiger partial charge in [0.05, 0.1) is 5.56 Å². The summed E-state index contributed by atoms with van der Waals surface area (Å²) in [7, 11) is 0. The fourth-order valence-corrected chi connectivity index (χ4v) is 2.89. The van der Waals surface area contributed by atoms with Crippen molar-refractivity contribution in [1.29, 1.82) is 0 Å². The zero-order chi connectivity index (χ0) is 14.0. The van der Waals surface area contributed by atoms with E-state index < -0.39 is 5.82 Å². The van der Waals surface area contributed by atoms with E-state index in [0.717, 1.165) is 4.47 Å². The van der Waals surface area contributed by atoms with Gasteiger partial charge < -0.3 is 10.5 Å². The minimum absolute atomic E-state index is 0.206. The topological polar surface area (TPSA) is 35.2 Å². The molecule has 0 saturated carbocycles. The summed E-state index contributed by atoms with van der Waals surface area (Å²) in [6.07, 6.45) is 0. The van der Waals surface area contributed by atoms with Crippen LogP contribution in [0.25, 0.3) is 0 Å². The Balaban J connectivity index is 2.43. The molecule has 2 rings (SSSR count). The summed E-state index contributed by atoms with van der Waals surface area (Å²) in [4.78, 5) is 0.206. The number of nitrogens with two attached hydrogens (primary N) is 1. The van der Waals surface area contributed by atoms with Crippen molar-refractivity contribution in [2.75, 3.05) is 0 Å². The number of hydrogen-bond acceptors (Lipinski definition) is 2. The van der Waals surface area contributed by atoms with Crippen molar-refractivity contribution in [2.24, 2.45) is 5.73 Å². The Bertz CT molecular complexity index is 628. The Morgan fingerprint density at radius 1 is 1.21 bits per heavy atom.